The van der Waals surface area contributed by atoms with E-state index in [4.69, 9.17) is 4.74 Å². The number of amides is 1. The van der Waals surface area contributed by atoms with E-state index in [2.05, 4.69) is 20.4 Å². The van der Waals surface area contributed by atoms with Gasteiger partial charge in [0.05, 0.1) is 6.54 Å². The van der Waals surface area contributed by atoms with E-state index in [0.717, 1.165) is 42.9 Å². The number of hydrogen-bond acceptors (Lipinski definition) is 7. The van der Waals surface area contributed by atoms with Crippen LogP contribution in [0.5, 0.6) is 5.75 Å². The number of benzene rings is 1. The number of rotatable bonds is 7. The molecule has 0 bridgehead atoms. The summed E-state index contributed by atoms with van der Waals surface area (Å²) in [6.45, 7) is 1.70. The highest BCUT2D eigenvalue weighted by Crippen LogP contribution is 2.32. The molecule has 1 aliphatic heterocycles. The van der Waals surface area contributed by atoms with E-state index >= 15 is 0 Å². The van der Waals surface area contributed by atoms with Crippen LogP contribution in [0.1, 0.15) is 42.4 Å². The second kappa shape index (κ2) is 7.69. The highest BCUT2D eigenvalue weighted by Gasteiger charge is 2.30. The topological polar surface area (TPSA) is 87.6 Å². The van der Waals surface area contributed by atoms with E-state index in [-0.39, 0.29) is 17.8 Å². The summed E-state index contributed by atoms with van der Waals surface area (Å²) in [5.74, 6) is 0.158. The lowest BCUT2D eigenvalue weighted by atomic mass is 10.2. The number of carbonyl (C=O) groups excluding carboxylic acids is 1. The van der Waals surface area contributed by atoms with Gasteiger partial charge in [-0.2, -0.15) is 0 Å². The van der Waals surface area contributed by atoms with E-state index < -0.39 is 0 Å². The molecular weight excluding hydrogens is 352 g/mol. The average molecular weight is 374 g/mol. The van der Waals surface area contributed by atoms with Crippen molar-refractivity contribution in [3.8, 4) is 5.75 Å². The van der Waals surface area contributed by atoms with Crippen LogP contribution in [-0.2, 0) is 16.1 Å². The quantitative estimate of drug-likeness (QED) is 0.775. The van der Waals surface area contributed by atoms with E-state index in [9.17, 15) is 9.90 Å². The van der Waals surface area contributed by atoms with Crippen molar-refractivity contribution in [1.29, 1.82) is 0 Å². The molecule has 4 rings (SSSR count). The second-order valence-corrected chi connectivity index (χ2v) is 7.81. The number of aromatic hydroxyl groups is 1. The largest absolute Gasteiger partial charge is 0.508 e. The Morgan fingerprint density at radius 3 is 2.96 bits per heavy atom. The number of phenolic OH excluding ortho intramolecular Hbond substituents is 1. The van der Waals surface area contributed by atoms with Crippen molar-refractivity contribution in [1.82, 2.24) is 15.1 Å². The van der Waals surface area contributed by atoms with E-state index in [1.807, 2.05) is 12.1 Å². The third-order valence-electron chi connectivity index (χ3n) is 4.60. The van der Waals surface area contributed by atoms with Gasteiger partial charge >= 0.3 is 0 Å². The van der Waals surface area contributed by atoms with Gasteiger partial charge in [0, 0.05) is 19.2 Å². The first kappa shape index (κ1) is 17.4. The number of nitrogens with one attached hydrogen (secondary N) is 1. The van der Waals surface area contributed by atoms with E-state index in [1.54, 1.807) is 12.1 Å². The summed E-state index contributed by atoms with van der Waals surface area (Å²) in [5, 5.41) is 22.0. The number of anilines is 1. The third kappa shape index (κ3) is 4.38. The van der Waals surface area contributed by atoms with Gasteiger partial charge in [-0.15, -0.1) is 10.2 Å². The van der Waals surface area contributed by atoms with Crippen LogP contribution in [0.15, 0.2) is 24.3 Å². The molecule has 2 heterocycles. The number of hydrogen-bond donors (Lipinski definition) is 2. The van der Waals surface area contributed by atoms with Gasteiger partial charge in [0.15, 0.2) is 0 Å². The normalized spacial score (nSPS) is 19.8. The molecule has 1 aromatic carbocycles. The van der Waals surface area contributed by atoms with Gasteiger partial charge in [0.25, 0.3) is 0 Å². The van der Waals surface area contributed by atoms with Gasteiger partial charge in [-0.3, -0.25) is 15.0 Å². The molecule has 1 aromatic heterocycles. The van der Waals surface area contributed by atoms with Crippen LogP contribution in [0.2, 0.25) is 0 Å². The Morgan fingerprint density at radius 2 is 2.23 bits per heavy atom. The molecule has 0 spiro atoms. The lowest BCUT2D eigenvalue weighted by molar-refractivity contribution is -0.117. The predicted molar refractivity (Wildman–Crippen MR) is 98.0 cm³/mol. The fraction of sp³-hybridized carbons (Fsp3) is 0.500. The summed E-state index contributed by atoms with van der Waals surface area (Å²) >= 11 is 1.38. The summed E-state index contributed by atoms with van der Waals surface area (Å²) in [5.41, 5.74) is 1.00. The molecule has 2 aliphatic rings. The summed E-state index contributed by atoms with van der Waals surface area (Å²) in [6, 6.07) is 7.61. The molecule has 138 valence electrons. The Kier molecular flexibility index (Phi) is 5.14. The fourth-order valence-corrected chi connectivity index (χ4v) is 4.02. The molecule has 0 radical (unpaired) electrons. The average Bonchev–Trinajstić information content (AvgIpc) is 3.12. The first-order chi connectivity index (χ1) is 12.7. The van der Waals surface area contributed by atoms with Crippen LogP contribution in [-0.4, -0.2) is 45.3 Å². The third-order valence-corrected chi connectivity index (χ3v) is 5.53. The first-order valence-corrected chi connectivity index (χ1v) is 9.76. The van der Waals surface area contributed by atoms with Gasteiger partial charge in [0.1, 0.15) is 16.9 Å². The van der Waals surface area contributed by atoms with Crippen molar-refractivity contribution >= 4 is 22.4 Å². The van der Waals surface area contributed by atoms with Crippen LogP contribution < -0.4 is 5.32 Å². The molecule has 2 fully saturated rings. The van der Waals surface area contributed by atoms with Crippen molar-refractivity contribution in [3.63, 3.8) is 0 Å². The molecule has 1 saturated heterocycles. The lowest BCUT2D eigenvalue weighted by Crippen LogP contribution is -2.34. The number of ether oxygens (including phenoxy) is 1. The Morgan fingerprint density at radius 1 is 1.35 bits per heavy atom. The number of nitrogens with zero attached hydrogens (tertiary/aromatic N) is 3. The minimum absolute atomic E-state index is 0.0203. The second-order valence-electron chi connectivity index (χ2n) is 6.80. The first-order valence-electron chi connectivity index (χ1n) is 8.94. The van der Waals surface area contributed by atoms with Gasteiger partial charge in [-0.05, 0) is 43.4 Å². The molecule has 2 aromatic rings. The Balaban J connectivity index is 1.35. The number of aromatic nitrogens is 2. The van der Waals surface area contributed by atoms with Crippen molar-refractivity contribution in [2.75, 3.05) is 18.5 Å². The standard InChI is InChI=1S/C18H22N4O3S/c23-14-4-1-3-12(9-14)10-22(13-6-7-13)11-16(24)19-18-21-20-17(26-18)15-5-2-8-25-15/h1,3-4,9,13,15,23H,2,5-8,10-11H2,(H,19,21,24)/t15-/m0/s1. The maximum atomic E-state index is 12.4. The molecule has 1 atom stereocenters. The van der Waals surface area contributed by atoms with Crippen molar-refractivity contribution in [3.05, 3.63) is 34.8 Å². The minimum atomic E-state index is -0.0907. The lowest BCUT2D eigenvalue weighted by Gasteiger charge is -2.21. The van der Waals surface area contributed by atoms with Crippen LogP contribution >= 0.6 is 11.3 Å². The minimum Gasteiger partial charge on any atom is -0.508 e. The van der Waals surface area contributed by atoms with Crippen LogP contribution in [0.25, 0.3) is 0 Å². The van der Waals surface area contributed by atoms with Crippen LogP contribution in [0.3, 0.4) is 0 Å². The van der Waals surface area contributed by atoms with Crippen molar-refractivity contribution in [2.45, 2.75) is 44.4 Å². The highest BCUT2D eigenvalue weighted by molar-refractivity contribution is 7.15. The molecule has 1 aliphatic carbocycles. The number of phenols is 1. The van der Waals surface area contributed by atoms with Gasteiger partial charge in [-0.1, -0.05) is 23.5 Å². The highest BCUT2D eigenvalue weighted by atomic mass is 32.1. The molecule has 26 heavy (non-hydrogen) atoms. The SMILES string of the molecule is O=C(CN(Cc1cccc(O)c1)C1CC1)Nc1nnc([C@@H]2CCCO2)s1. The molecule has 1 amide bonds. The maximum Gasteiger partial charge on any atom is 0.240 e. The van der Waals surface area contributed by atoms with Gasteiger partial charge in [-0.25, -0.2) is 0 Å². The zero-order chi connectivity index (χ0) is 17.9. The van der Waals surface area contributed by atoms with Gasteiger partial charge < -0.3 is 9.84 Å². The monoisotopic (exact) mass is 374 g/mol. The summed E-state index contributed by atoms with van der Waals surface area (Å²) in [6.07, 6.45) is 4.23. The zero-order valence-corrected chi connectivity index (χ0v) is 15.2. The molecular formula is C18H22N4O3S. The molecule has 1 saturated carbocycles. The predicted octanol–water partition coefficient (Wildman–Crippen LogP) is 2.70. The van der Waals surface area contributed by atoms with Gasteiger partial charge in [0.2, 0.25) is 11.0 Å². The van der Waals surface area contributed by atoms with Crippen LogP contribution in [0, 0.1) is 0 Å². The summed E-state index contributed by atoms with van der Waals surface area (Å²) < 4.78 is 5.60. The van der Waals surface area contributed by atoms with Crippen LogP contribution in [0.4, 0.5) is 5.13 Å². The van der Waals surface area contributed by atoms with Crippen molar-refractivity contribution in [2.24, 2.45) is 0 Å². The Bertz CT molecular complexity index is 771. The molecule has 8 heteroatoms. The van der Waals surface area contributed by atoms with E-state index in [1.165, 1.54) is 11.3 Å². The Hall–Kier alpha value is -2.03. The summed E-state index contributed by atoms with van der Waals surface area (Å²) in [7, 11) is 0. The maximum absolute atomic E-state index is 12.4. The number of carbonyl (C=O) groups is 1. The summed E-state index contributed by atoms with van der Waals surface area (Å²) in [4.78, 5) is 14.6. The Labute approximate surface area is 156 Å². The molecule has 2 N–H and O–H groups in total. The zero-order valence-electron chi connectivity index (χ0n) is 14.4. The smallest absolute Gasteiger partial charge is 0.240 e. The fourth-order valence-electron chi connectivity index (χ4n) is 3.17. The molecule has 0 unspecified atom stereocenters. The van der Waals surface area contributed by atoms with Crippen molar-refractivity contribution < 1.29 is 14.6 Å². The van der Waals surface area contributed by atoms with E-state index in [0.29, 0.717) is 24.3 Å². The molecule has 7 nitrogen and oxygen atoms in total.